The van der Waals surface area contributed by atoms with E-state index in [2.05, 4.69) is 40.7 Å². The predicted molar refractivity (Wildman–Crippen MR) is 138 cm³/mol. The lowest BCUT2D eigenvalue weighted by molar-refractivity contribution is -0.134. The molecule has 5 heteroatoms. The standard InChI is InChI=1S/C30H52O5/c1-26(2)23-9-8-21-20(28(23,5)13-12-24(26)33)11-15-29(6)19(10-14-30(21,29)7)18(17-31)16-22(32)25(34)27(3,4)35/h8,18-20,22-25,31-35H,9-17H2,1-7H3/t18-,19+,20-,22-,23+,24-,25+,28-,29+,30-/m1/s1. The van der Waals surface area contributed by atoms with Crippen LogP contribution < -0.4 is 0 Å². The largest absolute Gasteiger partial charge is 0.396 e. The van der Waals surface area contributed by atoms with Crippen LogP contribution in [0.1, 0.15) is 99.8 Å². The van der Waals surface area contributed by atoms with Crippen molar-refractivity contribution in [3.63, 3.8) is 0 Å². The minimum absolute atomic E-state index is 0.0136. The summed E-state index contributed by atoms with van der Waals surface area (Å²) in [6.45, 7) is 14.9. The second-order valence-corrected chi connectivity index (χ2v) is 14.7. The van der Waals surface area contributed by atoms with Crippen LogP contribution in [0.4, 0.5) is 0 Å². The van der Waals surface area contributed by atoms with E-state index in [-0.39, 0.29) is 46.2 Å². The van der Waals surface area contributed by atoms with Gasteiger partial charge in [0.05, 0.1) is 17.8 Å². The number of fused-ring (bicyclic) bond motifs is 5. The molecule has 0 aromatic carbocycles. The number of allylic oxidation sites excluding steroid dienone is 2. The molecule has 0 aromatic heterocycles. The maximum Gasteiger partial charge on any atom is 0.108 e. The SMILES string of the molecule is CC(C)(O)[C@@H](O)[C@H](O)C[C@H](CO)[C@@H]1CC[C@]2(C)C3=CC[C@H]4C(C)(C)[C@H](O)CC[C@]4(C)[C@@H]3CC[C@@]12C. The zero-order valence-electron chi connectivity index (χ0n) is 23.2. The summed E-state index contributed by atoms with van der Waals surface area (Å²) in [5, 5.41) is 52.6. The molecule has 5 nitrogen and oxygen atoms in total. The molecule has 5 N–H and O–H groups in total. The summed E-state index contributed by atoms with van der Waals surface area (Å²) in [7, 11) is 0. The first-order chi connectivity index (χ1) is 16.0. The van der Waals surface area contributed by atoms with Crippen LogP contribution in [0.3, 0.4) is 0 Å². The molecule has 0 unspecified atom stereocenters. The first-order valence-corrected chi connectivity index (χ1v) is 14.1. The van der Waals surface area contributed by atoms with Gasteiger partial charge in [-0.05, 0) is 111 Å². The smallest absolute Gasteiger partial charge is 0.108 e. The lowest BCUT2D eigenvalue weighted by Gasteiger charge is -2.64. The van der Waals surface area contributed by atoms with Crippen LogP contribution in [0.15, 0.2) is 11.6 Å². The molecule has 4 aliphatic carbocycles. The lowest BCUT2D eigenvalue weighted by atomic mass is 9.41. The van der Waals surface area contributed by atoms with Crippen molar-refractivity contribution in [1.82, 2.24) is 0 Å². The van der Waals surface area contributed by atoms with E-state index >= 15 is 0 Å². The molecule has 0 aromatic rings. The Labute approximate surface area is 213 Å². The molecule has 3 fully saturated rings. The highest BCUT2D eigenvalue weighted by molar-refractivity contribution is 5.33. The zero-order chi connectivity index (χ0) is 26.2. The average molecular weight is 493 g/mol. The molecular weight excluding hydrogens is 440 g/mol. The van der Waals surface area contributed by atoms with E-state index in [0.717, 1.165) is 44.9 Å². The van der Waals surface area contributed by atoms with Crippen LogP contribution in [-0.2, 0) is 0 Å². The number of hydrogen-bond donors (Lipinski definition) is 5. The molecule has 0 aliphatic heterocycles. The van der Waals surface area contributed by atoms with Crippen LogP contribution >= 0.6 is 0 Å². The number of aliphatic hydroxyl groups is 5. The van der Waals surface area contributed by atoms with Gasteiger partial charge in [0.25, 0.3) is 0 Å². The Morgan fingerprint density at radius 3 is 2.26 bits per heavy atom. The fraction of sp³-hybridized carbons (Fsp3) is 0.933. The fourth-order valence-electron chi connectivity index (χ4n) is 9.77. The summed E-state index contributed by atoms with van der Waals surface area (Å²) in [5.41, 5.74) is 0.448. The summed E-state index contributed by atoms with van der Waals surface area (Å²) in [6, 6.07) is 0. The summed E-state index contributed by atoms with van der Waals surface area (Å²) >= 11 is 0. The van der Waals surface area contributed by atoms with Gasteiger partial charge < -0.3 is 25.5 Å². The molecule has 202 valence electrons. The van der Waals surface area contributed by atoms with Gasteiger partial charge in [-0.25, -0.2) is 0 Å². The molecule has 3 saturated carbocycles. The lowest BCUT2D eigenvalue weighted by Crippen LogP contribution is -2.58. The maximum atomic E-state index is 10.8. The van der Waals surface area contributed by atoms with E-state index in [4.69, 9.17) is 0 Å². The Bertz CT molecular complexity index is 829. The van der Waals surface area contributed by atoms with Crippen molar-refractivity contribution in [2.75, 3.05) is 6.61 Å². The van der Waals surface area contributed by atoms with Crippen LogP contribution in [0.5, 0.6) is 0 Å². The minimum Gasteiger partial charge on any atom is -0.396 e. The van der Waals surface area contributed by atoms with E-state index in [1.807, 2.05) is 0 Å². The van der Waals surface area contributed by atoms with Crippen molar-refractivity contribution in [2.45, 2.75) is 124 Å². The van der Waals surface area contributed by atoms with Gasteiger partial charge in [0.15, 0.2) is 0 Å². The summed E-state index contributed by atoms with van der Waals surface area (Å²) in [4.78, 5) is 0. The van der Waals surface area contributed by atoms with Crippen LogP contribution in [0.2, 0.25) is 0 Å². The van der Waals surface area contributed by atoms with Gasteiger partial charge in [-0.15, -0.1) is 0 Å². The van der Waals surface area contributed by atoms with E-state index < -0.39 is 17.8 Å². The molecule has 10 atom stereocenters. The van der Waals surface area contributed by atoms with Crippen molar-refractivity contribution in [3.8, 4) is 0 Å². The van der Waals surface area contributed by atoms with Gasteiger partial charge in [0.1, 0.15) is 6.10 Å². The highest BCUT2D eigenvalue weighted by Gasteiger charge is 2.65. The van der Waals surface area contributed by atoms with E-state index in [1.165, 1.54) is 13.8 Å². The van der Waals surface area contributed by atoms with Crippen LogP contribution in [-0.4, -0.2) is 56.1 Å². The van der Waals surface area contributed by atoms with E-state index in [9.17, 15) is 25.5 Å². The Hall–Kier alpha value is -0.460. The van der Waals surface area contributed by atoms with Crippen molar-refractivity contribution in [3.05, 3.63) is 11.6 Å². The number of aliphatic hydroxyl groups excluding tert-OH is 4. The Morgan fingerprint density at radius 2 is 1.66 bits per heavy atom. The highest BCUT2D eigenvalue weighted by Crippen LogP contribution is 2.73. The molecule has 0 radical (unpaired) electrons. The van der Waals surface area contributed by atoms with Gasteiger partial charge in [0, 0.05) is 6.61 Å². The molecule has 35 heavy (non-hydrogen) atoms. The molecule has 4 aliphatic rings. The second kappa shape index (κ2) is 8.80. The first-order valence-electron chi connectivity index (χ1n) is 14.1. The van der Waals surface area contributed by atoms with Crippen LogP contribution in [0, 0.1) is 45.3 Å². The molecule has 0 bridgehead atoms. The first kappa shape index (κ1) is 27.6. The van der Waals surface area contributed by atoms with Gasteiger partial charge in [-0.3, -0.25) is 0 Å². The van der Waals surface area contributed by atoms with Crippen molar-refractivity contribution in [1.29, 1.82) is 0 Å². The topological polar surface area (TPSA) is 101 Å². The number of hydrogen-bond acceptors (Lipinski definition) is 5. The normalized spacial score (nSPS) is 45.5. The highest BCUT2D eigenvalue weighted by atomic mass is 16.4. The second-order valence-electron chi connectivity index (χ2n) is 14.7. The van der Waals surface area contributed by atoms with Gasteiger partial charge in [-0.1, -0.05) is 46.3 Å². The van der Waals surface area contributed by atoms with Crippen molar-refractivity contribution >= 4 is 0 Å². The molecule has 0 saturated heterocycles. The molecule has 4 rings (SSSR count). The molecule has 0 heterocycles. The maximum absolute atomic E-state index is 10.8. The van der Waals surface area contributed by atoms with Gasteiger partial charge >= 0.3 is 0 Å². The molecule has 0 spiro atoms. The summed E-state index contributed by atoms with van der Waals surface area (Å²) < 4.78 is 0. The third kappa shape index (κ3) is 3.98. The van der Waals surface area contributed by atoms with Crippen molar-refractivity contribution in [2.24, 2.45) is 45.3 Å². The predicted octanol–water partition coefficient (Wildman–Crippen LogP) is 4.44. The zero-order valence-corrected chi connectivity index (χ0v) is 23.2. The van der Waals surface area contributed by atoms with Gasteiger partial charge in [-0.2, -0.15) is 0 Å². The van der Waals surface area contributed by atoms with Crippen molar-refractivity contribution < 1.29 is 25.5 Å². The molecular formula is C30H52O5. The van der Waals surface area contributed by atoms with Gasteiger partial charge in [0.2, 0.25) is 0 Å². The van der Waals surface area contributed by atoms with E-state index in [0.29, 0.717) is 18.3 Å². The Morgan fingerprint density at radius 1 is 1.00 bits per heavy atom. The average Bonchev–Trinajstić information content (AvgIpc) is 3.05. The third-order valence-corrected chi connectivity index (χ3v) is 12.3. The summed E-state index contributed by atoms with van der Waals surface area (Å²) in [6.07, 6.45) is 7.64. The third-order valence-electron chi connectivity index (χ3n) is 12.3. The Balaban J connectivity index is 1.62. The Kier molecular flexibility index (Phi) is 6.93. The fourth-order valence-corrected chi connectivity index (χ4v) is 9.77. The summed E-state index contributed by atoms with van der Waals surface area (Å²) in [5.74, 6) is 1.18. The van der Waals surface area contributed by atoms with E-state index in [1.54, 1.807) is 5.57 Å². The quantitative estimate of drug-likeness (QED) is 0.353. The monoisotopic (exact) mass is 492 g/mol. The molecule has 0 amide bonds. The minimum atomic E-state index is -1.38. The number of rotatable bonds is 6. The van der Waals surface area contributed by atoms with Crippen LogP contribution in [0.25, 0.3) is 0 Å².